The van der Waals surface area contributed by atoms with Crippen LogP contribution in [0.1, 0.15) is 23.9 Å². The van der Waals surface area contributed by atoms with E-state index in [1.54, 1.807) is 13.1 Å². The second-order valence-corrected chi connectivity index (χ2v) is 5.45. The van der Waals surface area contributed by atoms with Crippen LogP contribution >= 0.6 is 0 Å². The summed E-state index contributed by atoms with van der Waals surface area (Å²) in [5.41, 5.74) is 8.36. The van der Waals surface area contributed by atoms with Crippen LogP contribution in [-0.4, -0.2) is 44.0 Å². The van der Waals surface area contributed by atoms with Crippen molar-refractivity contribution in [1.82, 2.24) is 25.3 Å². The van der Waals surface area contributed by atoms with Crippen molar-refractivity contribution in [2.24, 2.45) is 10.2 Å². The lowest BCUT2D eigenvalue weighted by Gasteiger charge is -1.98. The molecule has 0 unspecified atom stereocenters. The Morgan fingerprint density at radius 2 is 2.12 bits per heavy atom. The molecule has 0 atom stereocenters. The largest absolute Gasteiger partial charge is 0.454 e. The zero-order valence-electron chi connectivity index (χ0n) is 13.9. The van der Waals surface area contributed by atoms with E-state index in [0.717, 1.165) is 11.3 Å². The van der Waals surface area contributed by atoms with Gasteiger partial charge in [-0.3, -0.25) is 0 Å². The van der Waals surface area contributed by atoms with E-state index < -0.39 is 0 Å². The number of anilines is 1. The van der Waals surface area contributed by atoms with Crippen LogP contribution in [0.15, 0.2) is 33.0 Å². The van der Waals surface area contributed by atoms with Crippen molar-refractivity contribution in [1.29, 1.82) is 0 Å². The first-order valence-corrected chi connectivity index (χ1v) is 7.62. The molecule has 0 saturated carbocycles. The topological polar surface area (TPSA) is 139 Å². The van der Waals surface area contributed by atoms with E-state index >= 15 is 0 Å². The number of rotatable bonds is 4. The highest BCUT2D eigenvalue weighted by Crippen LogP contribution is 2.32. The molecule has 0 radical (unpaired) electrons. The van der Waals surface area contributed by atoms with E-state index in [1.165, 1.54) is 4.68 Å². The Balaban J connectivity index is 1.55. The highest BCUT2D eigenvalue weighted by atomic mass is 16.7. The predicted octanol–water partition coefficient (Wildman–Crippen LogP) is 1.11. The van der Waals surface area contributed by atoms with Gasteiger partial charge in [0.25, 0.3) is 0 Å². The van der Waals surface area contributed by atoms with Crippen molar-refractivity contribution in [3.63, 3.8) is 0 Å². The first kappa shape index (κ1) is 15.7. The van der Waals surface area contributed by atoms with Gasteiger partial charge in [0.15, 0.2) is 11.5 Å². The molecule has 26 heavy (non-hydrogen) atoms. The SMILES string of the molecule is C/C(=N\N=C\c1ccc2c(c1)OCO2)c1nnn(-c2nonc2N)c1C. The van der Waals surface area contributed by atoms with Gasteiger partial charge in [0.05, 0.1) is 17.6 Å². The fourth-order valence-electron chi connectivity index (χ4n) is 2.43. The van der Waals surface area contributed by atoms with Crippen LogP contribution in [0.25, 0.3) is 5.82 Å². The average Bonchev–Trinajstić information content (AvgIpc) is 3.34. The number of aromatic nitrogens is 5. The number of hydrogen-bond donors (Lipinski definition) is 1. The highest BCUT2D eigenvalue weighted by molar-refractivity contribution is 5.98. The van der Waals surface area contributed by atoms with E-state index in [-0.39, 0.29) is 18.4 Å². The Morgan fingerprint density at radius 3 is 2.92 bits per heavy atom. The summed E-state index contributed by atoms with van der Waals surface area (Å²) in [6, 6.07) is 5.52. The molecule has 1 aliphatic heterocycles. The van der Waals surface area contributed by atoms with E-state index in [2.05, 4.69) is 35.5 Å². The summed E-state index contributed by atoms with van der Waals surface area (Å²) < 4.78 is 16.6. The molecule has 3 aromatic rings. The Morgan fingerprint density at radius 1 is 1.27 bits per heavy atom. The van der Waals surface area contributed by atoms with Gasteiger partial charge in [-0.05, 0) is 47.9 Å². The van der Waals surface area contributed by atoms with E-state index in [0.29, 0.717) is 22.8 Å². The van der Waals surface area contributed by atoms with Crippen molar-refractivity contribution >= 4 is 17.7 Å². The van der Waals surface area contributed by atoms with Crippen LogP contribution in [0, 0.1) is 6.92 Å². The summed E-state index contributed by atoms with van der Waals surface area (Å²) in [4.78, 5) is 0. The predicted molar refractivity (Wildman–Crippen MR) is 90.7 cm³/mol. The molecule has 0 aliphatic carbocycles. The van der Waals surface area contributed by atoms with Gasteiger partial charge in [0.2, 0.25) is 18.4 Å². The molecule has 0 spiro atoms. The van der Waals surface area contributed by atoms with Crippen LogP contribution < -0.4 is 15.2 Å². The molecule has 4 rings (SSSR count). The molecule has 11 heteroatoms. The molecule has 11 nitrogen and oxygen atoms in total. The number of hydrogen-bond acceptors (Lipinski definition) is 10. The molecule has 132 valence electrons. The molecule has 2 aromatic heterocycles. The number of nitrogens with two attached hydrogens (primary N) is 1. The van der Waals surface area contributed by atoms with Crippen LogP contribution in [0.2, 0.25) is 0 Å². The van der Waals surface area contributed by atoms with Gasteiger partial charge < -0.3 is 15.2 Å². The van der Waals surface area contributed by atoms with Crippen LogP contribution in [-0.2, 0) is 0 Å². The summed E-state index contributed by atoms with van der Waals surface area (Å²) in [6.07, 6.45) is 1.62. The molecule has 0 bridgehead atoms. The molecule has 0 fully saturated rings. The Labute approximate surface area is 147 Å². The minimum absolute atomic E-state index is 0.125. The quantitative estimate of drug-likeness (QED) is 0.543. The molecule has 1 aliphatic rings. The Kier molecular flexibility index (Phi) is 3.80. The second kappa shape index (κ2) is 6.27. The lowest BCUT2D eigenvalue weighted by molar-refractivity contribution is 0.174. The van der Waals surface area contributed by atoms with Crippen LogP contribution in [0.3, 0.4) is 0 Å². The first-order valence-electron chi connectivity index (χ1n) is 7.62. The van der Waals surface area contributed by atoms with Gasteiger partial charge in [0, 0.05) is 0 Å². The number of nitrogens with zero attached hydrogens (tertiary/aromatic N) is 7. The third kappa shape index (κ3) is 2.75. The van der Waals surface area contributed by atoms with Gasteiger partial charge in [-0.15, -0.1) is 5.10 Å². The van der Waals surface area contributed by atoms with E-state index in [1.807, 2.05) is 25.1 Å². The van der Waals surface area contributed by atoms with Crippen LogP contribution in [0.4, 0.5) is 5.82 Å². The minimum atomic E-state index is 0.125. The lowest BCUT2D eigenvalue weighted by Crippen LogP contribution is -2.04. The van der Waals surface area contributed by atoms with Gasteiger partial charge in [-0.25, -0.2) is 4.63 Å². The molecule has 0 saturated heterocycles. The number of ether oxygens (including phenoxy) is 2. The summed E-state index contributed by atoms with van der Waals surface area (Å²) in [7, 11) is 0. The van der Waals surface area contributed by atoms with Crippen molar-refractivity contribution in [2.75, 3.05) is 12.5 Å². The molecule has 1 aromatic carbocycles. The van der Waals surface area contributed by atoms with Gasteiger partial charge in [-0.1, -0.05) is 5.21 Å². The summed E-state index contributed by atoms with van der Waals surface area (Å²) in [5.74, 6) is 1.81. The highest BCUT2D eigenvalue weighted by Gasteiger charge is 2.18. The molecular weight excluding hydrogens is 340 g/mol. The maximum absolute atomic E-state index is 5.68. The second-order valence-electron chi connectivity index (χ2n) is 5.45. The molecule has 0 amide bonds. The third-order valence-corrected chi connectivity index (χ3v) is 3.74. The van der Waals surface area contributed by atoms with Crippen molar-refractivity contribution in [2.45, 2.75) is 13.8 Å². The zero-order chi connectivity index (χ0) is 18.1. The first-order chi connectivity index (χ1) is 12.6. The fraction of sp³-hybridized carbons (Fsp3) is 0.200. The maximum atomic E-state index is 5.68. The fourth-order valence-corrected chi connectivity index (χ4v) is 2.43. The molecule has 3 heterocycles. The number of nitrogen functional groups attached to an aromatic ring is 1. The Hall–Kier alpha value is -3.76. The zero-order valence-corrected chi connectivity index (χ0v) is 13.9. The van der Waals surface area contributed by atoms with Crippen molar-refractivity contribution in [3.8, 4) is 17.3 Å². The number of fused-ring (bicyclic) bond motifs is 1. The normalized spacial score (nSPS) is 13.7. The summed E-state index contributed by atoms with van der Waals surface area (Å²) in [6.45, 7) is 3.82. The van der Waals surface area contributed by atoms with Gasteiger partial charge in [0.1, 0.15) is 5.69 Å². The van der Waals surface area contributed by atoms with Crippen molar-refractivity contribution in [3.05, 3.63) is 35.2 Å². The lowest BCUT2D eigenvalue weighted by atomic mass is 10.2. The summed E-state index contributed by atoms with van der Waals surface area (Å²) >= 11 is 0. The van der Waals surface area contributed by atoms with Crippen LogP contribution in [0.5, 0.6) is 11.5 Å². The van der Waals surface area contributed by atoms with E-state index in [9.17, 15) is 0 Å². The summed E-state index contributed by atoms with van der Waals surface area (Å²) in [5, 5.41) is 23.6. The smallest absolute Gasteiger partial charge is 0.243 e. The monoisotopic (exact) mass is 354 g/mol. The molecule has 2 N–H and O–H groups in total. The maximum Gasteiger partial charge on any atom is 0.243 e. The van der Waals surface area contributed by atoms with E-state index in [4.69, 9.17) is 15.2 Å². The Bertz CT molecular complexity index is 1020. The minimum Gasteiger partial charge on any atom is -0.454 e. The van der Waals surface area contributed by atoms with Crippen molar-refractivity contribution < 1.29 is 14.1 Å². The van der Waals surface area contributed by atoms with Gasteiger partial charge in [-0.2, -0.15) is 14.9 Å². The van der Waals surface area contributed by atoms with Gasteiger partial charge >= 0.3 is 0 Å². The molecular formula is C15H14N8O3. The third-order valence-electron chi connectivity index (χ3n) is 3.74. The number of benzene rings is 1. The average molecular weight is 354 g/mol. The standard InChI is InChI=1S/C15H14N8O3/c1-8(13-9(2)23(22-19-13)15-14(16)20-26-21-15)18-17-6-10-3-4-11-12(5-10)25-7-24-11/h3-6H,7H2,1-2H3,(H2,16,20)/b17-6+,18-8+.